The van der Waals surface area contributed by atoms with Gasteiger partial charge >= 0.3 is 0 Å². The second-order valence-electron chi connectivity index (χ2n) is 6.51. The average Bonchev–Trinajstić information content (AvgIpc) is 2.83. The van der Waals surface area contributed by atoms with Gasteiger partial charge in [-0.15, -0.1) is 4.91 Å². The number of aromatic nitrogens is 2. The smallest absolute Gasteiger partial charge is 0.229 e. The van der Waals surface area contributed by atoms with Gasteiger partial charge in [0.15, 0.2) is 34.5 Å². The third-order valence-electron chi connectivity index (χ3n) is 4.61. The highest BCUT2D eigenvalue weighted by atomic mass is 16.6. The molecule has 0 bridgehead atoms. The molecule has 0 fully saturated rings. The van der Waals surface area contributed by atoms with E-state index >= 15 is 0 Å². The van der Waals surface area contributed by atoms with E-state index in [1.165, 1.54) is 27.5 Å². The molecule has 1 aromatic heterocycles. The molecule has 1 aliphatic heterocycles. The number of hydrogen-bond acceptors (Lipinski definition) is 11. The molecule has 0 amide bonds. The van der Waals surface area contributed by atoms with Crippen molar-refractivity contribution in [3.8, 4) is 28.7 Å². The van der Waals surface area contributed by atoms with Crippen LogP contribution in [0.4, 0.5) is 28.8 Å². The lowest BCUT2D eigenvalue weighted by atomic mass is 10.2. The second kappa shape index (κ2) is 9.25. The number of hydrogen-bond donors (Lipinski definition) is 2. The van der Waals surface area contributed by atoms with E-state index in [0.717, 1.165) is 0 Å². The van der Waals surface area contributed by atoms with Crippen LogP contribution in [0.3, 0.4) is 0 Å². The minimum atomic E-state index is 0.0368. The van der Waals surface area contributed by atoms with E-state index in [1.54, 1.807) is 30.3 Å². The summed E-state index contributed by atoms with van der Waals surface area (Å²) in [6.07, 6.45) is 1.31. The molecule has 1 aliphatic rings. The topological polar surface area (TPSA) is 125 Å². The van der Waals surface area contributed by atoms with Gasteiger partial charge in [0.1, 0.15) is 13.2 Å². The molecule has 2 N–H and O–H groups in total. The molecule has 2 aromatic carbocycles. The van der Waals surface area contributed by atoms with Gasteiger partial charge in [0.05, 0.1) is 33.2 Å². The Hall–Kier alpha value is -4.28. The highest BCUT2D eigenvalue weighted by molar-refractivity contribution is 5.75. The molecule has 0 saturated carbocycles. The quantitative estimate of drug-likeness (QED) is 0.494. The fourth-order valence-corrected chi connectivity index (χ4v) is 3.18. The summed E-state index contributed by atoms with van der Waals surface area (Å²) in [5.41, 5.74) is 1.21. The van der Waals surface area contributed by atoms with E-state index < -0.39 is 0 Å². The van der Waals surface area contributed by atoms with Gasteiger partial charge in [0.2, 0.25) is 11.7 Å². The standard InChI is InChI=1S/C21H21N5O6/c1-28-16-9-12(10-17(29-2)19(16)30-3)23-21-22-11-14(26-27)20(25-21)24-13-5-4-6-15-18(13)32-8-7-31-15/h4-6,9-11H,7-8H2,1-3H3,(H2,22,23,24,25). The summed E-state index contributed by atoms with van der Waals surface area (Å²) < 4.78 is 27.4. The molecule has 0 unspecified atom stereocenters. The number of fused-ring (bicyclic) bond motifs is 1. The fraction of sp³-hybridized carbons (Fsp3) is 0.238. The van der Waals surface area contributed by atoms with Crippen LogP contribution in [0.5, 0.6) is 28.7 Å². The first-order valence-corrected chi connectivity index (χ1v) is 9.60. The number of benzene rings is 2. The first-order valence-electron chi connectivity index (χ1n) is 9.60. The Kier molecular flexibility index (Phi) is 6.06. The van der Waals surface area contributed by atoms with Gasteiger partial charge in [-0.05, 0) is 17.3 Å². The Bertz CT molecular complexity index is 1110. The molecule has 11 heteroatoms. The molecule has 0 aliphatic carbocycles. The highest BCUT2D eigenvalue weighted by Crippen LogP contribution is 2.42. The predicted octanol–water partition coefficient (Wildman–Crippen LogP) is 4.16. The van der Waals surface area contributed by atoms with Crippen molar-refractivity contribution >= 4 is 28.8 Å². The zero-order chi connectivity index (χ0) is 22.5. The number of anilines is 4. The van der Waals surface area contributed by atoms with Crippen molar-refractivity contribution in [1.29, 1.82) is 0 Å². The lowest BCUT2D eigenvalue weighted by Crippen LogP contribution is -2.16. The second-order valence-corrected chi connectivity index (χ2v) is 6.51. The van der Waals surface area contributed by atoms with Gasteiger partial charge in [-0.25, -0.2) is 4.98 Å². The molecule has 0 spiro atoms. The Morgan fingerprint density at radius 2 is 1.75 bits per heavy atom. The van der Waals surface area contributed by atoms with Gasteiger partial charge in [0.25, 0.3) is 0 Å². The molecule has 0 atom stereocenters. The van der Waals surface area contributed by atoms with E-state index in [1.807, 2.05) is 0 Å². The predicted molar refractivity (Wildman–Crippen MR) is 118 cm³/mol. The lowest BCUT2D eigenvalue weighted by Gasteiger charge is -2.21. The molecule has 32 heavy (non-hydrogen) atoms. The van der Waals surface area contributed by atoms with Crippen LogP contribution in [-0.2, 0) is 0 Å². The van der Waals surface area contributed by atoms with Crippen LogP contribution in [0.25, 0.3) is 0 Å². The van der Waals surface area contributed by atoms with E-state index in [0.29, 0.717) is 53.3 Å². The molecule has 4 rings (SSSR count). The largest absolute Gasteiger partial charge is 0.493 e. The van der Waals surface area contributed by atoms with Gasteiger partial charge < -0.3 is 34.3 Å². The minimum absolute atomic E-state index is 0.0368. The van der Waals surface area contributed by atoms with Crippen LogP contribution in [0.15, 0.2) is 41.7 Å². The Morgan fingerprint density at radius 3 is 2.44 bits per heavy atom. The summed E-state index contributed by atoms with van der Waals surface area (Å²) in [4.78, 5) is 19.9. The van der Waals surface area contributed by atoms with Gasteiger partial charge in [0, 0.05) is 17.8 Å². The summed E-state index contributed by atoms with van der Waals surface area (Å²) >= 11 is 0. The van der Waals surface area contributed by atoms with Crippen LogP contribution in [0, 0.1) is 4.91 Å². The fourth-order valence-electron chi connectivity index (χ4n) is 3.18. The molecule has 2 heterocycles. The Balaban J connectivity index is 1.66. The molecule has 3 aromatic rings. The third kappa shape index (κ3) is 4.13. The number of nitrogens with one attached hydrogen (secondary N) is 2. The Labute approximate surface area is 183 Å². The molecule has 0 radical (unpaired) electrons. The summed E-state index contributed by atoms with van der Waals surface area (Å²) in [6, 6.07) is 8.82. The van der Waals surface area contributed by atoms with Crippen molar-refractivity contribution in [2.75, 3.05) is 45.2 Å². The number of rotatable bonds is 8. The first-order chi connectivity index (χ1) is 15.7. The number of nitrogens with zero attached hydrogens (tertiary/aromatic N) is 3. The van der Waals surface area contributed by atoms with Crippen molar-refractivity contribution in [3.05, 3.63) is 41.4 Å². The molecular formula is C21H21N5O6. The van der Waals surface area contributed by atoms with Crippen LogP contribution in [0.1, 0.15) is 0 Å². The van der Waals surface area contributed by atoms with Crippen molar-refractivity contribution in [3.63, 3.8) is 0 Å². The van der Waals surface area contributed by atoms with Gasteiger partial charge in [-0.1, -0.05) is 6.07 Å². The molecule has 166 valence electrons. The first kappa shape index (κ1) is 21.0. The van der Waals surface area contributed by atoms with E-state index in [-0.39, 0.29) is 17.5 Å². The van der Waals surface area contributed by atoms with E-state index in [9.17, 15) is 4.91 Å². The number of nitroso groups, excluding NO2 is 1. The summed E-state index contributed by atoms with van der Waals surface area (Å²) in [5.74, 6) is 2.95. The number of para-hydroxylation sites is 1. The summed E-state index contributed by atoms with van der Waals surface area (Å²) in [7, 11) is 4.57. The van der Waals surface area contributed by atoms with Crippen LogP contribution in [0.2, 0.25) is 0 Å². The molecule has 0 saturated heterocycles. The maximum absolute atomic E-state index is 11.3. The van der Waals surface area contributed by atoms with Gasteiger partial charge in [-0.2, -0.15) is 4.98 Å². The number of ether oxygens (including phenoxy) is 5. The molecule has 11 nitrogen and oxygen atoms in total. The molecular weight excluding hydrogens is 418 g/mol. The van der Waals surface area contributed by atoms with Crippen molar-refractivity contribution in [2.45, 2.75) is 0 Å². The van der Waals surface area contributed by atoms with Crippen LogP contribution in [-0.4, -0.2) is 44.5 Å². The maximum Gasteiger partial charge on any atom is 0.229 e. The zero-order valence-electron chi connectivity index (χ0n) is 17.7. The number of methoxy groups -OCH3 is 3. The summed E-state index contributed by atoms with van der Waals surface area (Å²) in [5, 5.41) is 9.16. The average molecular weight is 439 g/mol. The monoisotopic (exact) mass is 439 g/mol. The third-order valence-corrected chi connectivity index (χ3v) is 4.61. The van der Waals surface area contributed by atoms with Gasteiger partial charge in [-0.3, -0.25) is 0 Å². The SMILES string of the molecule is COc1cc(Nc2ncc(N=O)c(Nc3cccc4c3OCCO4)n2)cc(OC)c1OC. The lowest BCUT2D eigenvalue weighted by molar-refractivity contribution is 0.172. The van der Waals surface area contributed by atoms with Crippen LogP contribution < -0.4 is 34.3 Å². The van der Waals surface area contributed by atoms with Crippen molar-refractivity contribution in [1.82, 2.24) is 9.97 Å². The zero-order valence-corrected chi connectivity index (χ0v) is 17.7. The minimum Gasteiger partial charge on any atom is -0.493 e. The van der Waals surface area contributed by atoms with Crippen molar-refractivity contribution in [2.24, 2.45) is 5.18 Å². The maximum atomic E-state index is 11.3. The van der Waals surface area contributed by atoms with E-state index in [2.05, 4.69) is 25.8 Å². The normalized spacial score (nSPS) is 12.0. The summed E-state index contributed by atoms with van der Waals surface area (Å²) in [6.45, 7) is 0.885. The van der Waals surface area contributed by atoms with E-state index in [4.69, 9.17) is 23.7 Å². The Morgan fingerprint density at radius 1 is 1.00 bits per heavy atom. The van der Waals surface area contributed by atoms with Crippen molar-refractivity contribution < 1.29 is 23.7 Å². The highest BCUT2D eigenvalue weighted by Gasteiger charge is 2.19. The van der Waals surface area contributed by atoms with Crippen LogP contribution >= 0.6 is 0 Å².